The van der Waals surface area contributed by atoms with Crippen molar-refractivity contribution < 1.29 is 14.3 Å². The third kappa shape index (κ3) is 4.98. The summed E-state index contributed by atoms with van der Waals surface area (Å²) in [5.74, 6) is 0.141. The van der Waals surface area contributed by atoms with Crippen molar-refractivity contribution in [1.82, 2.24) is 10.6 Å². The van der Waals surface area contributed by atoms with Crippen molar-refractivity contribution >= 4 is 17.5 Å². The van der Waals surface area contributed by atoms with Crippen LogP contribution >= 0.6 is 0 Å². The molecule has 1 aromatic rings. The Hall–Kier alpha value is -2.24. The zero-order chi connectivity index (χ0) is 16.0. The molecule has 0 heterocycles. The molecular formula is C15H23N3O3. The summed E-state index contributed by atoms with van der Waals surface area (Å²) >= 11 is 0. The second kappa shape index (κ2) is 7.52. The molecular weight excluding hydrogens is 270 g/mol. The fourth-order valence-electron chi connectivity index (χ4n) is 1.69. The molecule has 0 aromatic heterocycles. The van der Waals surface area contributed by atoms with Crippen LogP contribution in [-0.4, -0.2) is 31.5 Å². The van der Waals surface area contributed by atoms with Gasteiger partial charge in [0.1, 0.15) is 11.8 Å². The highest BCUT2D eigenvalue weighted by Gasteiger charge is 2.19. The predicted octanol–water partition coefficient (Wildman–Crippen LogP) is 1.17. The Bertz CT molecular complexity index is 515. The summed E-state index contributed by atoms with van der Waals surface area (Å²) in [5, 5.41) is 5.41. The van der Waals surface area contributed by atoms with Crippen LogP contribution in [0.25, 0.3) is 0 Å². The Morgan fingerprint density at radius 2 is 1.95 bits per heavy atom. The molecule has 6 nitrogen and oxygen atoms in total. The number of carbonyl (C=O) groups is 2. The SMILES string of the molecule is COc1cc(N)ccc1C(=O)NC(C)C(=O)NCC(C)C. The fraction of sp³-hybridized carbons (Fsp3) is 0.467. The number of hydrogen-bond donors (Lipinski definition) is 3. The average molecular weight is 293 g/mol. The maximum atomic E-state index is 12.2. The van der Waals surface area contributed by atoms with Crippen LogP contribution in [0.2, 0.25) is 0 Å². The summed E-state index contributed by atoms with van der Waals surface area (Å²) in [6, 6.07) is 4.13. The van der Waals surface area contributed by atoms with Gasteiger partial charge in [0.05, 0.1) is 12.7 Å². The molecule has 0 bridgehead atoms. The number of nitrogens with two attached hydrogens (primary N) is 1. The molecule has 1 unspecified atom stereocenters. The summed E-state index contributed by atoms with van der Waals surface area (Å²) in [7, 11) is 1.46. The molecule has 0 fully saturated rings. The minimum absolute atomic E-state index is 0.216. The zero-order valence-electron chi connectivity index (χ0n) is 12.9. The molecule has 0 aliphatic rings. The van der Waals surface area contributed by atoms with E-state index in [0.717, 1.165) is 0 Å². The summed E-state index contributed by atoms with van der Waals surface area (Å²) in [6.45, 7) is 6.22. The number of ether oxygens (including phenoxy) is 1. The van der Waals surface area contributed by atoms with E-state index in [-0.39, 0.29) is 11.8 Å². The highest BCUT2D eigenvalue weighted by Crippen LogP contribution is 2.21. The average Bonchev–Trinajstić information content (AvgIpc) is 2.43. The summed E-state index contributed by atoms with van der Waals surface area (Å²) < 4.78 is 5.13. The van der Waals surface area contributed by atoms with E-state index in [4.69, 9.17) is 10.5 Å². The molecule has 2 amide bonds. The molecule has 116 valence electrons. The van der Waals surface area contributed by atoms with Crippen LogP contribution in [0.1, 0.15) is 31.1 Å². The molecule has 1 rings (SSSR count). The Balaban J connectivity index is 2.70. The van der Waals surface area contributed by atoms with Crippen molar-refractivity contribution in [3.8, 4) is 5.75 Å². The van der Waals surface area contributed by atoms with Crippen molar-refractivity contribution in [2.24, 2.45) is 5.92 Å². The maximum absolute atomic E-state index is 12.2. The highest BCUT2D eigenvalue weighted by molar-refractivity contribution is 5.99. The van der Waals surface area contributed by atoms with Crippen LogP contribution in [0.15, 0.2) is 18.2 Å². The number of rotatable bonds is 6. The predicted molar refractivity (Wildman–Crippen MR) is 82.2 cm³/mol. The molecule has 0 spiro atoms. The van der Waals surface area contributed by atoms with E-state index in [0.29, 0.717) is 29.5 Å². The lowest BCUT2D eigenvalue weighted by Crippen LogP contribution is -2.45. The Labute approximate surface area is 125 Å². The van der Waals surface area contributed by atoms with Gasteiger partial charge in [0, 0.05) is 18.3 Å². The third-order valence-electron chi connectivity index (χ3n) is 2.90. The highest BCUT2D eigenvalue weighted by atomic mass is 16.5. The normalized spacial score (nSPS) is 11.9. The molecule has 0 aliphatic heterocycles. The zero-order valence-corrected chi connectivity index (χ0v) is 12.9. The number of methoxy groups -OCH3 is 1. The lowest BCUT2D eigenvalue weighted by Gasteiger charge is -2.16. The number of amides is 2. The lowest BCUT2D eigenvalue weighted by atomic mass is 10.1. The van der Waals surface area contributed by atoms with E-state index in [9.17, 15) is 9.59 Å². The fourth-order valence-corrected chi connectivity index (χ4v) is 1.69. The first-order chi connectivity index (χ1) is 9.85. The second-order valence-corrected chi connectivity index (χ2v) is 5.29. The van der Waals surface area contributed by atoms with Crippen LogP contribution < -0.4 is 21.1 Å². The molecule has 4 N–H and O–H groups in total. The third-order valence-corrected chi connectivity index (χ3v) is 2.90. The molecule has 0 saturated heterocycles. The van der Waals surface area contributed by atoms with Crippen LogP contribution in [0, 0.1) is 5.92 Å². The first-order valence-electron chi connectivity index (χ1n) is 6.87. The summed E-state index contributed by atoms with van der Waals surface area (Å²) in [6.07, 6.45) is 0. The molecule has 0 aliphatic carbocycles. The van der Waals surface area contributed by atoms with Gasteiger partial charge in [-0.25, -0.2) is 0 Å². The monoisotopic (exact) mass is 293 g/mol. The molecule has 6 heteroatoms. The number of hydrogen-bond acceptors (Lipinski definition) is 4. The van der Waals surface area contributed by atoms with Gasteiger partial charge < -0.3 is 21.1 Å². The van der Waals surface area contributed by atoms with Gasteiger partial charge >= 0.3 is 0 Å². The molecule has 21 heavy (non-hydrogen) atoms. The first kappa shape index (κ1) is 16.8. The summed E-state index contributed by atoms with van der Waals surface area (Å²) in [4.78, 5) is 24.0. The molecule has 1 aromatic carbocycles. The van der Waals surface area contributed by atoms with Crippen molar-refractivity contribution in [3.63, 3.8) is 0 Å². The number of nitrogens with one attached hydrogen (secondary N) is 2. The van der Waals surface area contributed by atoms with Gasteiger partial charge in [-0.2, -0.15) is 0 Å². The van der Waals surface area contributed by atoms with Crippen molar-refractivity contribution in [3.05, 3.63) is 23.8 Å². The molecule has 1 atom stereocenters. The molecule has 0 saturated carbocycles. The van der Waals surface area contributed by atoms with E-state index in [1.165, 1.54) is 7.11 Å². The van der Waals surface area contributed by atoms with E-state index in [2.05, 4.69) is 10.6 Å². The maximum Gasteiger partial charge on any atom is 0.255 e. The minimum atomic E-state index is -0.626. The van der Waals surface area contributed by atoms with E-state index in [1.54, 1.807) is 25.1 Å². The van der Waals surface area contributed by atoms with Gasteiger partial charge in [-0.15, -0.1) is 0 Å². The standard InChI is InChI=1S/C15H23N3O3/c1-9(2)8-17-14(19)10(3)18-15(20)12-6-5-11(16)7-13(12)21-4/h5-7,9-10H,8,16H2,1-4H3,(H,17,19)(H,18,20). The number of nitrogen functional groups attached to an aromatic ring is 1. The second-order valence-electron chi connectivity index (χ2n) is 5.29. The van der Waals surface area contributed by atoms with Crippen molar-refractivity contribution in [2.75, 3.05) is 19.4 Å². The first-order valence-corrected chi connectivity index (χ1v) is 6.87. The number of benzene rings is 1. The quantitative estimate of drug-likeness (QED) is 0.686. The van der Waals surface area contributed by atoms with Crippen molar-refractivity contribution in [1.29, 1.82) is 0 Å². The van der Waals surface area contributed by atoms with Gasteiger partial charge in [-0.05, 0) is 25.0 Å². The topological polar surface area (TPSA) is 93.4 Å². The molecule has 0 radical (unpaired) electrons. The van der Waals surface area contributed by atoms with Gasteiger partial charge in [0.25, 0.3) is 5.91 Å². The van der Waals surface area contributed by atoms with Crippen molar-refractivity contribution in [2.45, 2.75) is 26.8 Å². The van der Waals surface area contributed by atoms with E-state index < -0.39 is 6.04 Å². The minimum Gasteiger partial charge on any atom is -0.496 e. The van der Waals surface area contributed by atoms with Crippen LogP contribution in [0.3, 0.4) is 0 Å². The van der Waals surface area contributed by atoms with E-state index >= 15 is 0 Å². The van der Waals surface area contributed by atoms with E-state index in [1.807, 2.05) is 13.8 Å². The Kier molecular flexibility index (Phi) is 6.02. The smallest absolute Gasteiger partial charge is 0.255 e. The van der Waals surface area contributed by atoms with Crippen LogP contribution in [0.5, 0.6) is 5.75 Å². The van der Waals surface area contributed by atoms with Gasteiger partial charge in [-0.1, -0.05) is 13.8 Å². The Morgan fingerprint density at radius 1 is 1.29 bits per heavy atom. The van der Waals surface area contributed by atoms with Gasteiger partial charge in [0.2, 0.25) is 5.91 Å². The number of carbonyl (C=O) groups excluding carboxylic acids is 2. The van der Waals surface area contributed by atoms with Crippen LogP contribution in [0.4, 0.5) is 5.69 Å². The van der Waals surface area contributed by atoms with Gasteiger partial charge in [-0.3, -0.25) is 9.59 Å². The Morgan fingerprint density at radius 3 is 2.52 bits per heavy atom. The summed E-state index contributed by atoms with van der Waals surface area (Å²) in [5.41, 5.74) is 6.49. The lowest BCUT2D eigenvalue weighted by molar-refractivity contribution is -0.122. The largest absolute Gasteiger partial charge is 0.496 e. The number of anilines is 1. The van der Waals surface area contributed by atoms with Gasteiger partial charge in [0.15, 0.2) is 0 Å². The van der Waals surface area contributed by atoms with Crippen LogP contribution in [-0.2, 0) is 4.79 Å².